The lowest BCUT2D eigenvalue weighted by Crippen LogP contribution is -2.68. The summed E-state index contributed by atoms with van der Waals surface area (Å²) in [7, 11) is 1.59. The molecule has 0 amide bonds. The molecule has 9 heteroatoms. The van der Waals surface area contributed by atoms with Gasteiger partial charge in [-0.2, -0.15) is 0 Å². The van der Waals surface area contributed by atoms with Crippen molar-refractivity contribution in [2.75, 3.05) is 7.11 Å². The molecule has 0 unspecified atom stereocenters. The molecule has 2 fully saturated rings. The highest BCUT2D eigenvalue weighted by atomic mass is 16.8. The third-order valence-electron chi connectivity index (χ3n) is 8.68. The predicted molar refractivity (Wildman–Crippen MR) is 138 cm³/mol. The zero-order valence-corrected chi connectivity index (χ0v) is 23.5. The van der Waals surface area contributed by atoms with Crippen LogP contribution in [-0.4, -0.2) is 61.0 Å². The number of rotatable bonds is 9. The molecule has 0 aromatic heterocycles. The maximum absolute atomic E-state index is 12.6. The first kappa shape index (κ1) is 30.1. The van der Waals surface area contributed by atoms with Crippen molar-refractivity contribution in [2.24, 2.45) is 22.7 Å². The maximum Gasteiger partial charge on any atom is 0.308 e. The van der Waals surface area contributed by atoms with Crippen LogP contribution in [0.5, 0.6) is 0 Å². The zero-order chi connectivity index (χ0) is 28.4. The van der Waals surface area contributed by atoms with Gasteiger partial charge in [-0.3, -0.25) is 19.1 Å². The zero-order valence-electron chi connectivity index (χ0n) is 23.5. The van der Waals surface area contributed by atoms with Crippen LogP contribution in [0.4, 0.5) is 0 Å². The van der Waals surface area contributed by atoms with Crippen LogP contribution in [0.2, 0.25) is 0 Å². The van der Waals surface area contributed by atoms with Crippen LogP contribution in [0.1, 0.15) is 67.2 Å². The van der Waals surface area contributed by atoms with Gasteiger partial charge in [0.05, 0.1) is 12.2 Å². The van der Waals surface area contributed by atoms with Crippen molar-refractivity contribution in [3.05, 3.63) is 36.0 Å². The number of aliphatic hydroxyl groups excluding tert-OH is 1. The summed E-state index contributed by atoms with van der Waals surface area (Å²) in [5.74, 6) is -2.39. The second-order valence-electron chi connectivity index (χ2n) is 10.9. The molecule has 3 aliphatic rings. The molecule has 1 saturated carbocycles. The molecule has 0 aromatic carbocycles. The van der Waals surface area contributed by atoms with E-state index in [0.717, 1.165) is 5.57 Å². The van der Waals surface area contributed by atoms with E-state index >= 15 is 0 Å². The number of methoxy groups -OCH3 is 1. The van der Waals surface area contributed by atoms with E-state index in [4.69, 9.17) is 23.7 Å². The Morgan fingerprint density at radius 2 is 1.84 bits per heavy atom. The molecule has 38 heavy (non-hydrogen) atoms. The van der Waals surface area contributed by atoms with Gasteiger partial charge in [0.15, 0.2) is 0 Å². The van der Waals surface area contributed by atoms with Gasteiger partial charge in [-0.15, -0.1) is 0 Å². The molecule has 9 nitrogen and oxygen atoms in total. The van der Waals surface area contributed by atoms with Crippen molar-refractivity contribution in [3.63, 3.8) is 0 Å². The Hall–Kier alpha value is -2.49. The molecule has 1 spiro atoms. The van der Waals surface area contributed by atoms with Gasteiger partial charge in [0.2, 0.25) is 12.6 Å². The van der Waals surface area contributed by atoms with E-state index in [0.29, 0.717) is 24.8 Å². The molecule has 3 rings (SSSR count). The molecule has 1 aliphatic heterocycles. The van der Waals surface area contributed by atoms with Gasteiger partial charge >= 0.3 is 17.9 Å². The first-order valence-electron chi connectivity index (χ1n) is 13.3. The highest BCUT2D eigenvalue weighted by Crippen LogP contribution is 2.67. The van der Waals surface area contributed by atoms with E-state index in [1.54, 1.807) is 19.3 Å². The van der Waals surface area contributed by atoms with Gasteiger partial charge < -0.3 is 24.1 Å². The molecule has 1 saturated heterocycles. The molecular weight excluding hydrogens is 492 g/mol. The van der Waals surface area contributed by atoms with E-state index in [1.807, 2.05) is 20.8 Å². The van der Waals surface area contributed by atoms with E-state index in [9.17, 15) is 19.5 Å². The minimum absolute atomic E-state index is 0.173. The molecule has 1 N–H and O–H groups in total. The SMILES string of the molecule is C=C/C(C)=C\C[C@@]1(C)[C@H](C)[C@@H](O)[C@H](OC(C)=O)[C@@]23C(=C[C@H](OC)C[C@@H]12)[C@@H](OC(=O)CCC)O[C@H]3OC(C)=O. The fraction of sp³-hybridized carbons (Fsp3) is 0.690. The standard InChI is InChI=1S/C29H42O9/c1-9-11-23(32)37-26-21-14-20(34-8)15-22-28(7,13-12-16(3)10-2)17(4)24(33)25(35-18(5)30)29(21,22)27(38-26)36-19(6)31/h10,12,14,17,20,22,24-27,33H,2,9,11,13,15H2,1,3-8H3/b16-12-/t17-,20+,22+,24-,25+,26+,27-,28+,29-/m1/s1. The van der Waals surface area contributed by atoms with Gasteiger partial charge in [-0.05, 0) is 49.5 Å². The smallest absolute Gasteiger partial charge is 0.308 e. The van der Waals surface area contributed by atoms with Crippen LogP contribution >= 0.6 is 0 Å². The van der Waals surface area contributed by atoms with Crippen LogP contribution in [0.3, 0.4) is 0 Å². The summed E-state index contributed by atoms with van der Waals surface area (Å²) in [4.78, 5) is 37.3. The Kier molecular flexibility index (Phi) is 9.27. The Morgan fingerprint density at radius 1 is 1.18 bits per heavy atom. The first-order valence-corrected chi connectivity index (χ1v) is 13.3. The maximum atomic E-state index is 12.6. The van der Waals surface area contributed by atoms with Gasteiger partial charge in [0.25, 0.3) is 0 Å². The Balaban J connectivity index is 2.31. The lowest BCUT2D eigenvalue weighted by atomic mass is 9.44. The van der Waals surface area contributed by atoms with Crippen LogP contribution in [-0.2, 0) is 38.1 Å². The summed E-state index contributed by atoms with van der Waals surface area (Å²) in [5.41, 5.74) is -0.463. The van der Waals surface area contributed by atoms with Crippen molar-refractivity contribution in [1.82, 2.24) is 0 Å². The first-order chi connectivity index (χ1) is 17.9. The van der Waals surface area contributed by atoms with Crippen molar-refractivity contribution >= 4 is 17.9 Å². The highest BCUT2D eigenvalue weighted by Gasteiger charge is 2.74. The second kappa shape index (κ2) is 11.7. The molecule has 9 atom stereocenters. The van der Waals surface area contributed by atoms with E-state index in [1.165, 1.54) is 13.8 Å². The van der Waals surface area contributed by atoms with Gasteiger partial charge in [0.1, 0.15) is 11.5 Å². The average Bonchev–Trinajstić information content (AvgIpc) is 3.15. The predicted octanol–water partition coefficient (Wildman–Crippen LogP) is 3.99. The lowest BCUT2D eigenvalue weighted by Gasteiger charge is -2.62. The third kappa shape index (κ3) is 5.20. The minimum atomic E-state index is -1.32. The normalized spacial score (nSPS) is 38.4. The van der Waals surface area contributed by atoms with Crippen molar-refractivity contribution in [2.45, 2.75) is 98.1 Å². The summed E-state index contributed by atoms with van der Waals surface area (Å²) >= 11 is 0. The second-order valence-corrected chi connectivity index (χ2v) is 10.9. The molecule has 1 heterocycles. The quantitative estimate of drug-likeness (QED) is 0.203. The summed E-state index contributed by atoms with van der Waals surface area (Å²) in [6.45, 7) is 14.2. The topological polar surface area (TPSA) is 118 Å². The average molecular weight is 535 g/mol. The Labute approximate surface area is 225 Å². The van der Waals surface area contributed by atoms with Gasteiger partial charge in [-0.25, -0.2) is 0 Å². The van der Waals surface area contributed by atoms with Gasteiger partial charge in [0, 0.05) is 33.0 Å². The summed E-state index contributed by atoms with van der Waals surface area (Å²) in [6.07, 6.45) is 2.29. The van der Waals surface area contributed by atoms with Crippen LogP contribution < -0.4 is 0 Å². The van der Waals surface area contributed by atoms with E-state index < -0.39 is 53.5 Å². The molecule has 0 aromatic rings. The number of aliphatic hydroxyl groups is 1. The van der Waals surface area contributed by atoms with Crippen molar-refractivity contribution in [1.29, 1.82) is 0 Å². The monoisotopic (exact) mass is 534 g/mol. The van der Waals surface area contributed by atoms with Crippen LogP contribution in [0, 0.1) is 22.7 Å². The number of hydrogen-bond acceptors (Lipinski definition) is 9. The minimum Gasteiger partial charge on any atom is -0.459 e. The number of hydrogen-bond donors (Lipinski definition) is 1. The fourth-order valence-corrected chi connectivity index (χ4v) is 6.54. The Bertz CT molecular complexity index is 1000. The van der Waals surface area contributed by atoms with Crippen molar-refractivity contribution < 1.29 is 43.2 Å². The largest absolute Gasteiger partial charge is 0.459 e. The lowest BCUT2D eigenvalue weighted by molar-refractivity contribution is -0.276. The summed E-state index contributed by atoms with van der Waals surface area (Å²) < 4.78 is 29.3. The van der Waals surface area contributed by atoms with Crippen LogP contribution in [0.15, 0.2) is 36.0 Å². The summed E-state index contributed by atoms with van der Waals surface area (Å²) in [5, 5.41) is 11.8. The Morgan fingerprint density at radius 3 is 2.39 bits per heavy atom. The number of carbonyl (C=O) groups is 3. The highest BCUT2D eigenvalue weighted by molar-refractivity contribution is 5.70. The number of esters is 3. The number of allylic oxidation sites excluding steroid dienone is 3. The van der Waals surface area contributed by atoms with Crippen molar-refractivity contribution in [3.8, 4) is 0 Å². The molecule has 212 valence electrons. The molecule has 2 aliphatic carbocycles. The molecular formula is C29H42O9. The fourth-order valence-electron chi connectivity index (χ4n) is 6.54. The van der Waals surface area contributed by atoms with Gasteiger partial charge in [-0.1, -0.05) is 45.1 Å². The summed E-state index contributed by atoms with van der Waals surface area (Å²) in [6, 6.07) is 0. The number of ether oxygens (including phenoxy) is 5. The van der Waals surface area contributed by atoms with Crippen LogP contribution in [0.25, 0.3) is 0 Å². The van der Waals surface area contributed by atoms with E-state index in [2.05, 4.69) is 19.6 Å². The molecule has 0 radical (unpaired) electrons. The molecule has 0 bridgehead atoms. The van der Waals surface area contributed by atoms with E-state index in [-0.39, 0.29) is 24.4 Å². The number of carbonyl (C=O) groups excluding carboxylic acids is 3. The third-order valence-corrected chi connectivity index (χ3v) is 8.68.